The summed E-state index contributed by atoms with van der Waals surface area (Å²) in [6.45, 7) is 3.86. The quantitative estimate of drug-likeness (QED) is 0.598. The highest BCUT2D eigenvalue weighted by Gasteiger charge is 2.47. The average molecular weight is 341 g/mol. The van der Waals surface area contributed by atoms with Crippen molar-refractivity contribution in [2.24, 2.45) is 5.41 Å². The van der Waals surface area contributed by atoms with E-state index >= 15 is 0 Å². The molecule has 4 aliphatic heterocycles. The van der Waals surface area contributed by atoms with E-state index in [9.17, 15) is 4.79 Å². The van der Waals surface area contributed by atoms with E-state index in [2.05, 4.69) is 5.32 Å². The molecule has 1 aromatic rings. The number of anilines is 2. The van der Waals surface area contributed by atoms with E-state index in [1.807, 2.05) is 23.1 Å². The second kappa shape index (κ2) is 5.47. The molecule has 6 nitrogen and oxygen atoms in total. The highest BCUT2D eigenvalue weighted by Crippen LogP contribution is 2.46. The van der Waals surface area contributed by atoms with Crippen LogP contribution in [0, 0.1) is 5.41 Å². The molecule has 0 aliphatic carbocycles. The van der Waals surface area contributed by atoms with Gasteiger partial charge in [0.1, 0.15) is 0 Å². The van der Waals surface area contributed by atoms with Gasteiger partial charge in [0.25, 0.3) is 5.91 Å². The number of nitrogens with two attached hydrogens (primary N) is 1. The third-order valence-corrected chi connectivity index (χ3v) is 5.88. The lowest BCUT2D eigenvalue weighted by atomic mass is 9.84. The van der Waals surface area contributed by atoms with Crippen molar-refractivity contribution in [1.82, 2.24) is 5.32 Å². The van der Waals surface area contributed by atoms with Gasteiger partial charge in [-0.1, -0.05) is 0 Å². The van der Waals surface area contributed by atoms with Gasteiger partial charge in [-0.3, -0.25) is 4.79 Å². The average Bonchev–Trinajstić information content (AvgIpc) is 3.14. The number of ether oxygens (including phenoxy) is 2. The van der Waals surface area contributed by atoms with Crippen LogP contribution in [-0.4, -0.2) is 44.9 Å². The summed E-state index contributed by atoms with van der Waals surface area (Å²) in [6, 6.07) is 6.01. The fourth-order valence-corrected chi connectivity index (χ4v) is 4.47. The maximum Gasteiger partial charge on any atom is 0.260 e. The van der Waals surface area contributed by atoms with E-state index in [0.717, 1.165) is 61.5 Å². The van der Waals surface area contributed by atoms with E-state index in [-0.39, 0.29) is 17.4 Å². The number of fused-ring (bicyclic) bond motifs is 1. The van der Waals surface area contributed by atoms with Crippen LogP contribution < -0.4 is 16.0 Å². The van der Waals surface area contributed by atoms with Crippen molar-refractivity contribution >= 4 is 22.9 Å². The molecule has 3 fully saturated rings. The molecular formula is C19H23N3O3. The van der Waals surface area contributed by atoms with Gasteiger partial charge in [0.05, 0.1) is 24.5 Å². The van der Waals surface area contributed by atoms with Crippen molar-refractivity contribution in [3.05, 3.63) is 29.5 Å². The third kappa shape index (κ3) is 2.28. The van der Waals surface area contributed by atoms with Crippen LogP contribution in [-0.2, 0) is 14.3 Å². The Morgan fingerprint density at radius 2 is 2.00 bits per heavy atom. The number of benzene rings is 1. The lowest BCUT2D eigenvalue weighted by molar-refractivity contribution is -0.113. The van der Waals surface area contributed by atoms with Gasteiger partial charge in [-0.05, 0) is 37.5 Å². The summed E-state index contributed by atoms with van der Waals surface area (Å²) in [5.41, 5.74) is 10.7. The molecule has 0 unspecified atom stereocenters. The fourth-order valence-electron chi connectivity index (χ4n) is 4.47. The topological polar surface area (TPSA) is 76.8 Å². The highest BCUT2D eigenvalue weighted by molar-refractivity contribution is 6.33. The molecule has 1 amide bonds. The minimum absolute atomic E-state index is 0.104. The fraction of sp³-hybridized carbons (Fsp3) is 0.526. The number of nitrogens with zero attached hydrogens (tertiary/aromatic N) is 1. The van der Waals surface area contributed by atoms with Crippen LogP contribution in [0.5, 0.6) is 0 Å². The third-order valence-electron chi connectivity index (χ3n) is 5.88. The summed E-state index contributed by atoms with van der Waals surface area (Å²) in [7, 11) is 0. The van der Waals surface area contributed by atoms with E-state index in [4.69, 9.17) is 15.2 Å². The monoisotopic (exact) mass is 341 g/mol. The van der Waals surface area contributed by atoms with Crippen molar-refractivity contribution in [3.63, 3.8) is 0 Å². The lowest BCUT2D eigenvalue weighted by Gasteiger charge is -2.36. The van der Waals surface area contributed by atoms with Crippen molar-refractivity contribution in [2.45, 2.75) is 25.3 Å². The molecule has 1 aromatic carbocycles. The Hall–Kier alpha value is -2.05. The first kappa shape index (κ1) is 15.2. The van der Waals surface area contributed by atoms with Crippen LogP contribution in [0.4, 0.5) is 11.4 Å². The molecule has 5 rings (SSSR count). The summed E-state index contributed by atoms with van der Waals surface area (Å²) in [4.78, 5) is 15.4. The molecule has 1 spiro atoms. The molecule has 0 bridgehead atoms. The second-order valence-corrected chi connectivity index (χ2v) is 7.67. The van der Waals surface area contributed by atoms with Gasteiger partial charge in [-0.15, -0.1) is 0 Å². The lowest BCUT2D eigenvalue weighted by Crippen LogP contribution is -2.43. The molecule has 6 heteroatoms. The molecule has 0 atom stereocenters. The number of rotatable bonds is 1. The number of amides is 1. The SMILES string of the molecule is Nc1ccc2c(c1)/C(=C1\CC3(CN1)COC3)C(=O)N2C1CCOCC1. The van der Waals surface area contributed by atoms with E-state index in [1.165, 1.54) is 0 Å². The second-order valence-electron chi connectivity index (χ2n) is 7.67. The first-order chi connectivity index (χ1) is 12.2. The smallest absolute Gasteiger partial charge is 0.260 e. The molecule has 3 N–H and O–H groups in total. The van der Waals surface area contributed by atoms with Gasteiger partial charge < -0.3 is 25.4 Å². The van der Waals surface area contributed by atoms with Gasteiger partial charge >= 0.3 is 0 Å². The first-order valence-electron chi connectivity index (χ1n) is 9.03. The normalized spacial score (nSPS) is 28.2. The summed E-state index contributed by atoms with van der Waals surface area (Å²) >= 11 is 0. The van der Waals surface area contributed by atoms with E-state index in [1.54, 1.807) is 0 Å². The van der Waals surface area contributed by atoms with Crippen molar-refractivity contribution in [3.8, 4) is 0 Å². The molecule has 0 radical (unpaired) electrons. The van der Waals surface area contributed by atoms with Gasteiger partial charge in [-0.2, -0.15) is 0 Å². The van der Waals surface area contributed by atoms with E-state index < -0.39 is 0 Å². The van der Waals surface area contributed by atoms with E-state index in [0.29, 0.717) is 18.9 Å². The Labute approximate surface area is 147 Å². The predicted molar refractivity (Wildman–Crippen MR) is 95.0 cm³/mol. The van der Waals surface area contributed by atoms with Crippen LogP contribution in [0.25, 0.3) is 5.57 Å². The molecule has 0 saturated carbocycles. The Bertz CT molecular complexity index is 763. The zero-order valence-electron chi connectivity index (χ0n) is 14.2. The van der Waals surface area contributed by atoms with Crippen LogP contribution >= 0.6 is 0 Å². The van der Waals surface area contributed by atoms with Crippen LogP contribution in [0.15, 0.2) is 23.9 Å². The Morgan fingerprint density at radius 1 is 1.20 bits per heavy atom. The summed E-state index contributed by atoms with van der Waals surface area (Å²) in [6.07, 6.45) is 2.64. The number of hydrogen-bond donors (Lipinski definition) is 2. The standard InChI is InChI=1S/C19H23N3O3/c20-12-1-2-16-14(7-12)17(15-8-19(9-21-15)10-25-11-19)18(23)22(16)13-3-5-24-6-4-13/h1-2,7,13,21H,3-6,8-11,20H2/b17-15-. The molecule has 132 valence electrons. The van der Waals surface area contributed by atoms with Crippen LogP contribution in [0.1, 0.15) is 24.8 Å². The van der Waals surface area contributed by atoms with Crippen molar-refractivity contribution in [2.75, 3.05) is 43.6 Å². The minimum Gasteiger partial charge on any atom is -0.399 e. The Balaban J connectivity index is 1.58. The van der Waals surface area contributed by atoms with Crippen molar-refractivity contribution in [1.29, 1.82) is 0 Å². The predicted octanol–water partition coefficient (Wildman–Crippen LogP) is 1.52. The van der Waals surface area contributed by atoms with Gasteiger partial charge in [-0.25, -0.2) is 0 Å². The molecular weight excluding hydrogens is 318 g/mol. The molecule has 3 saturated heterocycles. The van der Waals surface area contributed by atoms with Crippen LogP contribution in [0.2, 0.25) is 0 Å². The maximum absolute atomic E-state index is 13.4. The van der Waals surface area contributed by atoms with Gasteiger partial charge in [0.2, 0.25) is 0 Å². The number of hydrogen-bond acceptors (Lipinski definition) is 5. The number of nitrogen functional groups attached to an aromatic ring is 1. The van der Waals surface area contributed by atoms with Crippen LogP contribution in [0.3, 0.4) is 0 Å². The zero-order chi connectivity index (χ0) is 17.0. The molecule has 0 aromatic heterocycles. The Kier molecular flexibility index (Phi) is 3.33. The molecule has 4 aliphatic rings. The largest absolute Gasteiger partial charge is 0.399 e. The summed E-state index contributed by atoms with van der Waals surface area (Å²) in [5, 5.41) is 3.49. The van der Waals surface area contributed by atoms with Gasteiger partial charge in [0.15, 0.2) is 0 Å². The number of carbonyl (C=O) groups excluding carboxylic acids is 1. The number of carbonyl (C=O) groups is 1. The highest BCUT2D eigenvalue weighted by atomic mass is 16.5. The number of nitrogens with one attached hydrogen (secondary N) is 1. The van der Waals surface area contributed by atoms with Crippen molar-refractivity contribution < 1.29 is 14.3 Å². The first-order valence-corrected chi connectivity index (χ1v) is 9.03. The molecule has 25 heavy (non-hydrogen) atoms. The van der Waals surface area contributed by atoms with Gasteiger partial charge in [0, 0.05) is 48.2 Å². The Morgan fingerprint density at radius 3 is 2.68 bits per heavy atom. The summed E-state index contributed by atoms with van der Waals surface area (Å²) in [5.74, 6) is 0.104. The number of allylic oxidation sites excluding steroid dienone is 1. The minimum atomic E-state index is 0.104. The maximum atomic E-state index is 13.4. The summed E-state index contributed by atoms with van der Waals surface area (Å²) < 4.78 is 10.9. The zero-order valence-corrected chi connectivity index (χ0v) is 14.2. The molecule has 4 heterocycles.